The van der Waals surface area contributed by atoms with Gasteiger partial charge in [0.15, 0.2) is 0 Å². The number of alkyl halides is 2. The Hall–Kier alpha value is -2.32. The standard InChI is InChI=1S/C18H16F2N2O3S/c19-18(20)11-16(18)13-5-7-14(8-6-13)26(24,25)21-22-10-9-12-3-1-2-4-15(12)17(22)23/h1-8,16,21H,9-11H2. The monoisotopic (exact) mass is 378 g/mol. The van der Waals surface area contributed by atoms with Gasteiger partial charge in [-0.2, -0.15) is 0 Å². The van der Waals surface area contributed by atoms with E-state index < -0.39 is 27.8 Å². The number of fused-ring (bicyclic) bond motifs is 1. The average molecular weight is 378 g/mol. The fourth-order valence-electron chi connectivity index (χ4n) is 3.17. The number of carbonyl (C=O) groups excluding carboxylic acids is 1. The van der Waals surface area contributed by atoms with Crippen LogP contribution < -0.4 is 4.83 Å². The topological polar surface area (TPSA) is 66.5 Å². The average Bonchev–Trinajstić information content (AvgIpc) is 3.26. The third kappa shape index (κ3) is 2.99. The highest BCUT2D eigenvalue weighted by molar-refractivity contribution is 7.89. The summed E-state index contributed by atoms with van der Waals surface area (Å²) in [5.41, 5.74) is 1.76. The second-order valence-corrected chi connectivity index (χ2v) is 8.21. The minimum Gasteiger partial charge on any atom is -0.268 e. The molecular weight excluding hydrogens is 362 g/mol. The number of sulfonamides is 1. The summed E-state index contributed by atoms with van der Waals surface area (Å²) in [7, 11) is -3.98. The SMILES string of the molecule is O=C1c2ccccc2CCN1NS(=O)(=O)c1ccc(C2CC2(F)F)cc1. The Balaban J connectivity index is 1.52. The van der Waals surface area contributed by atoms with Crippen LogP contribution in [0.5, 0.6) is 0 Å². The van der Waals surface area contributed by atoms with Gasteiger partial charge >= 0.3 is 0 Å². The van der Waals surface area contributed by atoms with Crippen molar-refractivity contribution in [2.45, 2.75) is 29.6 Å². The summed E-state index contributed by atoms with van der Waals surface area (Å²) >= 11 is 0. The molecule has 8 heteroatoms. The first-order chi connectivity index (χ1) is 12.3. The molecule has 0 bridgehead atoms. The lowest BCUT2D eigenvalue weighted by molar-refractivity contribution is 0.0700. The van der Waals surface area contributed by atoms with Crippen molar-refractivity contribution < 1.29 is 22.0 Å². The van der Waals surface area contributed by atoms with Crippen LogP contribution in [0.15, 0.2) is 53.4 Å². The Kier molecular flexibility index (Phi) is 3.85. The number of nitrogens with zero attached hydrogens (tertiary/aromatic N) is 1. The van der Waals surface area contributed by atoms with E-state index in [4.69, 9.17) is 0 Å². The van der Waals surface area contributed by atoms with Crippen molar-refractivity contribution in [3.05, 3.63) is 65.2 Å². The number of amides is 1. The Morgan fingerprint density at radius 3 is 2.38 bits per heavy atom. The third-order valence-corrected chi connectivity index (χ3v) is 6.10. The number of carbonyl (C=O) groups is 1. The van der Waals surface area contributed by atoms with Crippen LogP contribution >= 0.6 is 0 Å². The quantitative estimate of drug-likeness (QED) is 0.890. The molecule has 1 heterocycles. The van der Waals surface area contributed by atoms with Crippen LogP contribution in [0, 0.1) is 0 Å². The van der Waals surface area contributed by atoms with E-state index in [1.54, 1.807) is 12.1 Å². The highest BCUT2D eigenvalue weighted by Gasteiger charge is 2.57. The van der Waals surface area contributed by atoms with E-state index in [9.17, 15) is 22.0 Å². The zero-order valence-electron chi connectivity index (χ0n) is 13.7. The smallest absolute Gasteiger partial charge is 0.268 e. The van der Waals surface area contributed by atoms with E-state index in [0.29, 0.717) is 17.5 Å². The predicted molar refractivity (Wildman–Crippen MR) is 90.3 cm³/mol. The molecule has 0 saturated heterocycles. The molecule has 1 aliphatic carbocycles. The summed E-state index contributed by atoms with van der Waals surface area (Å²) < 4.78 is 51.3. The first kappa shape index (κ1) is 17.1. The molecule has 1 fully saturated rings. The number of hydrogen-bond acceptors (Lipinski definition) is 3. The molecule has 1 N–H and O–H groups in total. The van der Waals surface area contributed by atoms with Gasteiger partial charge in [0.05, 0.1) is 10.8 Å². The van der Waals surface area contributed by atoms with Crippen LogP contribution in [0.2, 0.25) is 0 Å². The number of halogens is 2. The maximum absolute atomic E-state index is 13.1. The maximum atomic E-state index is 13.1. The second-order valence-electron chi connectivity index (χ2n) is 6.55. The second kappa shape index (κ2) is 5.85. The minimum atomic E-state index is -3.98. The number of benzene rings is 2. The van der Waals surface area contributed by atoms with Gasteiger partial charge in [-0.05, 0) is 35.7 Å². The summed E-state index contributed by atoms with van der Waals surface area (Å²) in [5, 5.41) is 1.07. The fraction of sp³-hybridized carbons (Fsp3) is 0.278. The van der Waals surface area contributed by atoms with Crippen LogP contribution in [-0.4, -0.2) is 31.8 Å². The van der Waals surface area contributed by atoms with Gasteiger partial charge in [0.2, 0.25) is 0 Å². The number of rotatable bonds is 4. The van der Waals surface area contributed by atoms with Crippen LogP contribution in [0.4, 0.5) is 8.78 Å². The van der Waals surface area contributed by atoms with E-state index in [2.05, 4.69) is 4.83 Å². The third-order valence-electron chi connectivity index (χ3n) is 4.75. The molecule has 136 valence electrons. The molecule has 2 aromatic carbocycles. The normalized spacial score (nSPS) is 21.4. The predicted octanol–water partition coefficient (Wildman–Crippen LogP) is 2.70. The van der Waals surface area contributed by atoms with Crippen LogP contribution in [0.25, 0.3) is 0 Å². The lowest BCUT2D eigenvalue weighted by Crippen LogP contribution is -2.49. The van der Waals surface area contributed by atoms with Gasteiger partial charge in [-0.1, -0.05) is 30.3 Å². The summed E-state index contributed by atoms with van der Waals surface area (Å²) in [5.74, 6) is -3.95. The van der Waals surface area contributed by atoms with Crippen LogP contribution in [0.1, 0.15) is 33.8 Å². The van der Waals surface area contributed by atoms with Crippen molar-refractivity contribution in [3.8, 4) is 0 Å². The van der Waals surface area contributed by atoms with E-state index in [-0.39, 0.29) is 17.9 Å². The van der Waals surface area contributed by atoms with Gasteiger partial charge in [-0.25, -0.2) is 17.2 Å². The summed E-state index contributed by atoms with van der Waals surface area (Å²) in [4.78, 5) is 14.7. The number of hydrogen-bond donors (Lipinski definition) is 1. The first-order valence-electron chi connectivity index (χ1n) is 8.18. The van der Waals surface area contributed by atoms with Crippen LogP contribution in [0.3, 0.4) is 0 Å². The molecule has 2 aliphatic rings. The van der Waals surface area contributed by atoms with E-state index in [1.165, 1.54) is 24.3 Å². The molecular formula is C18H16F2N2O3S. The zero-order chi connectivity index (χ0) is 18.5. The van der Waals surface area contributed by atoms with Crippen molar-refractivity contribution in [1.82, 2.24) is 9.84 Å². The van der Waals surface area contributed by atoms with Gasteiger partial charge < -0.3 is 0 Å². The Labute approximate surface area is 149 Å². The molecule has 0 radical (unpaired) electrons. The van der Waals surface area contributed by atoms with Crippen LogP contribution in [-0.2, 0) is 16.4 Å². The molecule has 2 aromatic rings. The van der Waals surface area contributed by atoms with Gasteiger partial charge in [0, 0.05) is 18.5 Å². The Morgan fingerprint density at radius 2 is 1.73 bits per heavy atom. The van der Waals surface area contributed by atoms with Gasteiger partial charge in [-0.3, -0.25) is 9.80 Å². The van der Waals surface area contributed by atoms with Crippen molar-refractivity contribution in [3.63, 3.8) is 0 Å². The molecule has 1 aliphatic heterocycles. The van der Waals surface area contributed by atoms with E-state index in [0.717, 1.165) is 10.6 Å². The van der Waals surface area contributed by atoms with Crippen molar-refractivity contribution in [1.29, 1.82) is 0 Å². The van der Waals surface area contributed by atoms with Gasteiger partial charge in [0.25, 0.3) is 21.9 Å². The summed E-state index contributed by atoms with van der Waals surface area (Å²) in [6.07, 6.45) is 0.333. The lowest BCUT2D eigenvalue weighted by Gasteiger charge is -2.28. The molecule has 0 aromatic heterocycles. The van der Waals surface area contributed by atoms with E-state index >= 15 is 0 Å². The highest BCUT2D eigenvalue weighted by Crippen LogP contribution is 2.55. The number of hydrazine groups is 1. The molecule has 1 unspecified atom stereocenters. The summed E-state index contributed by atoms with van der Waals surface area (Å²) in [6.45, 7) is 0.224. The van der Waals surface area contributed by atoms with Gasteiger partial charge in [0.1, 0.15) is 0 Å². The Bertz CT molecular complexity index is 974. The largest absolute Gasteiger partial charge is 0.269 e. The zero-order valence-corrected chi connectivity index (χ0v) is 14.5. The molecule has 1 atom stereocenters. The number of nitrogens with one attached hydrogen (secondary N) is 1. The van der Waals surface area contributed by atoms with Crippen molar-refractivity contribution in [2.24, 2.45) is 0 Å². The molecule has 4 rings (SSSR count). The molecule has 0 spiro atoms. The Morgan fingerprint density at radius 1 is 1.08 bits per heavy atom. The van der Waals surface area contributed by atoms with Crippen molar-refractivity contribution in [2.75, 3.05) is 6.54 Å². The first-order valence-corrected chi connectivity index (χ1v) is 9.66. The highest BCUT2D eigenvalue weighted by atomic mass is 32.2. The fourth-order valence-corrected chi connectivity index (χ4v) is 4.23. The lowest BCUT2D eigenvalue weighted by atomic mass is 10.0. The molecule has 1 amide bonds. The molecule has 26 heavy (non-hydrogen) atoms. The minimum absolute atomic E-state index is 0.0723. The molecule has 5 nitrogen and oxygen atoms in total. The van der Waals surface area contributed by atoms with E-state index in [1.807, 2.05) is 12.1 Å². The van der Waals surface area contributed by atoms with Crippen molar-refractivity contribution >= 4 is 15.9 Å². The maximum Gasteiger partial charge on any atom is 0.269 e. The summed E-state index contributed by atoms with van der Waals surface area (Å²) in [6, 6.07) is 12.4. The molecule has 1 saturated carbocycles. The van der Waals surface area contributed by atoms with Gasteiger partial charge in [-0.15, -0.1) is 4.83 Å².